The van der Waals surface area contributed by atoms with Crippen LogP contribution in [0, 0.1) is 46.3 Å². The highest BCUT2D eigenvalue weighted by Crippen LogP contribution is 2.68. The van der Waals surface area contributed by atoms with Gasteiger partial charge in [0.25, 0.3) is 0 Å². The zero-order valence-corrected chi connectivity index (χ0v) is 17.5. The Morgan fingerprint density at radius 3 is 2.56 bits per heavy atom. The molecule has 0 bridgehead atoms. The van der Waals surface area contributed by atoms with Gasteiger partial charge in [-0.3, -0.25) is 4.79 Å². The normalized spacial score (nSPS) is 47.7. The maximum Gasteiger partial charge on any atom is 0.133 e. The summed E-state index contributed by atoms with van der Waals surface area (Å²) in [5, 5.41) is 10.9. The number of carbonyl (C=O) groups is 2. The van der Waals surface area contributed by atoms with Gasteiger partial charge in [-0.05, 0) is 104 Å². The summed E-state index contributed by atoms with van der Waals surface area (Å²) in [6, 6.07) is 0. The van der Waals surface area contributed by atoms with Crippen molar-refractivity contribution in [2.45, 2.75) is 91.4 Å². The number of hydrogen-bond donors (Lipinski definition) is 0. The largest absolute Gasteiger partial charge is 0.550 e. The van der Waals surface area contributed by atoms with E-state index in [1.165, 1.54) is 38.5 Å². The number of carboxylic acids is 1. The van der Waals surface area contributed by atoms with Crippen molar-refractivity contribution in [1.29, 1.82) is 0 Å². The van der Waals surface area contributed by atoms with Crippen molar-refractivity contribution in [1.82, 2.24) is 0 Å². The lowest BCUT2D eigenvalue weighted by atomic mass is 9.44. The summed E-state index contributed by atoms with van der Waals surface area (Å²) in [6.07, 6.45) is 11.5. The molecule has 0 unspecified atom stereocenters. The average molecular weight is 374 g/mol. The van der Waals surface area contributed by atoms with Crippen molar-refractivity contribution in [3.63, 3.8) is 0 Å². The molecule has 3 nitrogen and oxygen atoms in total. The van der Waals surface area contributed by atoms with Gasteiger partial charge in [-0.25, -0.2) is 0 Å². The predicted molar refractivity (Wildman–Crippen MR) is 104 cm³/mol. The van der Waals surface area contributed by atoms with E-state index < -0.39 is 5.97 Å². The van der Waals surface area contributed by atoms with Crippen molar-refractivity contribution in [3.8, 4) is 0 Å². The van der Waals surface area contributed by atoms with Gasteiger partial charge in [0, 0.05) is 18.8 Å². The maximum atomic E-state index is 12.0. The van der Waals surface area contributed by atoms with Gasteiger partial charge in [-0.1, -0.05) is 20.8 Å². The van der Waals surface area contributed by atoms with Crippen LogP contribution in [0.1, 0.15) is 91.4 Å². The number of carbonyl (C=O) groups excluding carboxylic acids is 2. The van der Waals surface area contributed by atoms with Crippen molar-refractivity contribution in [3.05, 3.63) is 0 Å². The Morgan fingerprint density at radius 2 is 1.81 bits per heavy atom. The Balaban J connectivity index is 1.52. The minimum Gasteiger partial charge on any atom is -0.550 e. The lowest BCUT2D eigenvalue weighted by molar-refractivity contribution is -0.306. The number of carboxylic acid groups (broad SMARTS) is 1. The highest BCUT2D eigenvalue weighted by Gasteiger charge is 2.60. The Labute approximate surface area is 164 Å². The highest BCUT2D eigenvalue weighted by molar-refractivity contribution is 5.79. The standard InChI is InChI=1S/C24H38O3/c1-15(4-9-22(26)27)19-7-8-20-18-6-5-16-14-17(25)10-12-23(16,2)21(18)11-13-24(19,20)3/h15-16,18-21H,4-14H2,1-3H3,(H,26,27)/p-1/t15-,16+,18+,19+,20-,21+,23-,24+/m0/s1. The number of hydrogen-bond acceptors (Lipinski definition) is 3. The molecule has 0 radical (unpaired) electrons. The third-order valence-electron chi connectivity index (χ3n) is 10.0. The molecule has 152 valence electrons. The second kappa shape index (κ2) is 6.88. The molecule has 0 aromatic heterocycles. The molecule has 0 N–H and O–H groups in total. The molecule has 0 saturated heterocycles. The molecule has 0 amide bonds. The van der Waals surface area contributed by atoms with E-state index in [0.29, 0.717) is 34.4 Å². The first kappa shape index (κ1) is 19.5. The fraction of sp³-hybridized carbons (Fsp3) is 0.917. The summed E-state index contributed by atoms with van der Waals surface area (Å²) in [4.78, 5) is 23.0. The molecule has 4 rings (SSSR count). The topological polar surface area (TPSA) is 57.2 Å². The third kappa shape index (κ3) is 3.08. The molecular formula is C24H37O3-. The van der Waals surface area contributed by atoms with Crippen LogP contribution in [0.5, 0.6) is 0 Å². The highest BCUT2D eigenvalue weighted by atomic mass is 16.4. The quantitative estimate of drug-likeness (QED) is 0.735. The smallest absolute Gasteiger partial charge is 0.133 e. The minimum absolute atomic E-state index is 0.207. The Morgan fingerprint density at radius 1 is 1.07 bits per heavy atom. The van der Waals surface area contributed by atoms with Gasteiger partial charge >= 0.3 is 0 Å². The molecule has 4 saturated carbocycles. The Bertz CT molecular complexity index is 613. The molecule has 27 heavy (non-hydrogen) atoms. The van der Waals surface area contributed by atoms with Gasteiger partial charge < -0.3 is 9.90 Å². The summed E-state index contributed by atoms with van der Waals surface area (Å²) in [5.41, 5.74) is 0.775. The summed E-state index contributed by atoms with van der Waals surface area (Å²) in [5.74, 6) is 3.82. The van der Waals surface area contributed by atoms with Crippen LogP contribution in [0.25, 0.3) is 0 Å². The average Bonchev–Trinajstić information content (AvgIpc) is 2.97. The molecule has 3 heteroatoms. The lowest BCUT2D eigenvalue weighted by Gasteiger charge is -2.60. The van der Waals surface area contributed by atoms with Gasteiger partial charge in [0.2, 0.25) is 0 Å². The van der Waals surface area contributed by atoms with E-state index in [1.807, 2.05) is 0 Å². The van der Waals surface area contributed by atoms with Crippen molar-refractivity contribution >= 4 is 11.8 Å². The zero-order chi connectivity index (χ0) is 19.4. The molecule has 0 aromatic rings. The van der Waals surface area contributed by atoms with Gasteiger partial charge in [0.15, 0.2) is 0 Å². The van der Waals surface area contributed by atoms with Gasteiger partial charge in [0.05, 0.1) is 0 Å². The van der Waals surface area contributed by atoms with Gasteiger partial charge in [-0.15, -0.1) is 0 Å². The second-order valence-corrected chi connectivity index (χ2v) is 11.0. The SMILES string of the molecule is C[C@@H](CCC(=O)[O-])[C@H]1CC[C@H]2[C@H]3CC[C@@H]4CC(=O)CC[C@]4(C)[C@@H]3CC[C@]12C. The van der Waals surface area contributed by atoms with Crippen LogP contribution in [-0.4, -0.2) is 11.8 Å². The molecule has 4 fully saturated rings. The monoisotopic (exact) mass is 373 g/mol. The van der Waals surface area contributed by atoms with Crippen molar-refractivity contribution in [2.24, 2.45) is 46.3 Å². The van der Waals surface area contributed by atoms with Crippen LogP contribution >= 0.6 is 0 Å². The maximum absolute atomic E-state index is 12.0. The molecule has 0 heterocycles. The molecule has 0 aliphatic heterocycles. The van der Waals surface area contributed by atoms with Crippen molar-refractivity contribution < 1.29 is 14.7 Å². The second-order valence-electron chi connectivity index (χ2n) is 11.0. The summed E-state index contributed by atoms with van der Waals surface area (Å²) in [7, 11) is 0. The fourth-order valence-electron chi connectivity index (χ4n) is 8.57. The molecule has 4 aliphatic carbocycles. The third-order valence-corrected chi connectivity index (χ3v) is 10.0. The van der Waals surface area contributed by atoms with E-state index >= 15 is 0 Å². The molecule has 4 aliphatic rings. The van der Waals surface area contributed by atoms with E-state index in [9.17, 15) is 14.7 Å². The van der Waals surface area contributed by atoms with Crippen LogP contribution < -0.4 is 5.11 Å². The number of fused-ring (bicyclic) bond motifs is 5. The van der Waals surface area contributed by atoms with Crippen LogP contribution in [0.4, 0.5) is 0 Å². The summed E-state index contributed by atoms with van der Waals surface area (Å²) < 4.78 is 0. The van der Waals surface area contributed by atoms with E-state index in [2.05, 4.69) is 20.8 Å². The zero-order valence-electron chi connectivity index (χ0n) is 17.5. The summed E-state index contributed by atoms with van der Waals surface area (Å²) >= 11 is 0. The molecular weight excluding hydrogens is 336 g/mol. The summed E-state index contributed by atoms with van der Waals surface area (Å²) in [6.45, 7) is 7.32. The molecule has 0 aromatic carbocycles. The Hall–Kier alpha value is -0.860. The fourth-order valence-corrected chi connectivity index (χ4v) is 8.57. The van der Waals surface area contributed by atoms with Crippen molar-refractivity contribution in [2.75, 3.05) is 0 Å². The lowest BCUT2D eigenvalue weighted by Crippen LogP contribution is -2.53. The van der Waals surface area contributed by atoms with Gasteiger partial charge in [-0.2, -0.15) is 0 Å². The molecule has 0 spiro atoms. The molecule has 8 atom stereocenters. The van der Waals surface area contributed by atoms with Crippen LogP contribution in [-0.2, 0) is 9.59 Å². The number of ketones is 1. The van der Waals surface area contributed by atoms with E-state index in [0.717, 1.165) is 43.4 Å². The first-order chi connectivity index (χ1) is 12.8. The van der Waals surface area contributed by atoms with E-state index in [1.54, 1.807) is 0 Å². The van der Waals surface area contributed by atoms with E-state index in [4.69, 9.17) is 0 Å². The number of rotatable bonds is 4. The van der Waals surface area contributed by atoms with Crippen LogP contribution in [0.15, 0.2) is 0 Å². The number of aliphatic carboxylic acids is 1. The predicted octanol–water partition coefficient (Wildman–Crippen LogP) is 4.38. The van der Waals surface area contributed by atoms with Gasteiger partial charge in [0.1, 0.15) is 5.78 Å². The van der Waals surface area contributed by atoms with Crippen LogP contribution in [0.2, 0.25) is 0 Å². The Kier molecular flexibility index (Phi) is 4.96. The first-order valence-corrected chi connectivity index (χ1v) is 11.5. The number of Topliss-reactive ketones (excluding diaryl/α,β-unsaturated/α-hetero) is 1. The minimum atomic E-state index is -0.900. The van der Waals surface area contributed by atoms with Crippen LogP contribution in [0.3, 0.4) is 0 Å². The van der Waals surface area contributed by atoms with E-state index in [-0.39, 0.29) is 6.42 Å². The first-order valence-electron chi connectivity index (χ1n) is 11.5.